The van der Waals surface area contributed by atoms with Crippen LogP contribution in [-0.4, -0.2) is 30.3 Å². The van der Waals surface area contributed by atoms with Gasteiger partial charge in [-0.15, -0.1) is 0 Å². The lowest BCUT2D eigenvalue weighted by Gasteiger charge is -2.27. The van der Waals surface area contributed by atoms with Gasteiger partial charge < -0.3 is 0 Å². The monoisotopic (exact) mass is 179 g/mol. The van der Waals surface area contributed by atoms with Crippen LogP contribution in [0.25, 0.3) is 0 Å². The van der Waals surface area contributed by atoms with E-state index in [1.54, 1.807) is 0 Å². The van der Waals surface area contributed by atoms with Crippen LogP contribution >= 0.6 is 0 Å². The molecule has 1 aliphatic heterocycles. The molecule has 0 spiro atoms. The zero-order valence-corrected chi connectivity index (χ0v) is 8.04. The highest BCUT2D eigenvalue weighted by molar-refractivity contribution is 5.81. The fraction of sp³-hybridized carbons (Fsp3) is 0.727. The second-order valence-electron chi connectivity index (χ2n) is 4.19. The van der Waals surface area contributed by atoms with E-state index in [4.69, 9.17) is 0 Å². The molecule has 0 bridgehead atoms. The Kier molecular flexibility index (Phi) is 2.79. The number of hydrogen-bond acceptors (Lipinski definition) is 2. The van der Waals surface area contributed by atoms with Crippen molar-refractivity contribution in [3.63, 3.8) is 0 Å². The number of Topliss-reactive ketones (excluding diaryl/α,β-unsaturated/α-hetero) is 1. The van der Waals surface area contributed by atoms with Crippen molar-refractivity contribution in [1.82, 2.24) is 4.90 Å². The molecule has 0 aromatic carbocycles. The van der Waals surface area contributed by atoms with Crippen LogP contribution in [0.5, 0.6) is 0 Å². The maximum absolute atomic E-state index is 11.2. The number of carbonyl (C=O) groups excluding carboxylic acids is 1. The summed E-state index contributed by atoms with van der Waals surface area (Å²) in [6.45, 7) is 2.96. The van der Waals surface area contributed by atoms with Gasteiger partial charge in [0, 0.05) is 13.0 Å². The molecule has 0 amide bonds. The Bertz CT molecular complexity index is 214. The third kappa shape index (κ3) is 2.41. The van der Waals surface area contributed by atoms with Crippen LogP contribution in [0.4, 0.5) is 0 Å². The van der Waals surface area contributed by atoms with Gasteiger partial charge in [0.1, 0.15) is 5.78 Å². The molecule has 72 valence electrons. The standard InChI is InChI=1S/C11H17NO/c13-11-6-3-7-12(9-11)8-10-4-1-2-5-10/h1-2,10H,3-9H2. The van der Waals surface area contributed by atoms with E-state index >= 15 is 0 Å². The number of hydrogen-bond donors (Lipinski definition) is 0. The van der Waals surface area contributed by atoms with Crippen molar-refractivity contribution in [3.05, 3.63) is 12.2 Å². The van der Waals surface area contributed by atoms with Gasteiger partial charge >= 0.3 is 0 Å². The number of nitrogens with zero attached hydrogens (tertiary/aromatic N) is 1. The molecule has 0 N–H and O–H groups in total. The molecule has 2 rings (SSSR count). The van der Waals surface area contributed by atoms with Gasteiger partial charge in [-0.05, 0) is 31.7 Å². The fourth-order valence-corrected chi connectivity index (χ4v) is 2.25. The van der Waals surface area contributed by atoms with Crippen molar-refractivity contribution >= 4 is 5.78 Å². The Morgan fingerprint density at radius 2 is 2.15 bits per heavy atom. The van der Waals surface area contributed by atoms with Crippen LogP contribution in [0.15, 0.2) is 12.2 Å². The van der Waals surface area contributed by atoms with Crippen LogP contribution in [0.3, 0.4) is 0 Å². The first-order valence-electron chi connectivity index (χ1n) is 5.23. The molecule has 13 heavy (non-hydrogen) atoms. The minimum Gasteiger partial charge on any atom is -0.298 e. The minimum absolute atomic E-state index is 0.428. The Morgan fingerprint density at radius 1 is 1.38 bits per heavy atom. The molecule has 1 aliphatic carbocycles. The Labute approximate surface area is 79.6 Å². The van der Waals surface area contributed by atoms with Gasteiger partial charge in [0.2, 0.25) is 0 Å². The quantitative estimate of drug-likeness (QED) is 0.600. The maximum atomic E-state index is 11.2. The molecule has 0 aromatic heterocycles. The number of rotatable bonds is 2. The highest BCUT2D eigenvalue weighted by atomic mass is 16.1. The number of allylic oxidation sites excluding steroid dienone is 2. The van der Waals surface area contributed by atoms with Crippen LogP contribution in [0.2, 0.25) is 0 Å². The lowest BCUT2D eigenvalue weighted by Crippen LogP contribution is -2.38. The average molecular weight is 179 g/mol. The summed E-state index contributed by atoms with van der Waals surface area (Å²) in [5.41, 5.74) is 0. The Morgan fingerprint density at radius 3 is 2.85 bits per heavy atom. The molecule has 1 saturated heterocycles. The average Bonchev–Trinajstić information content (AvgIpc) is 2.57. The second kappa shape index (κ2) is 4.05. The summed E-state index contributed by atoms with van der Waals surface area (Å²) in [5, 5.41) is 0. The normalized spacial score (nSPS) is 25.7. The van der Waals surface area contributed by atoms with Gasteiger partial charge in [0.15, 0.2) is 0 Å². The van der Waals surface area contributed by atoms with Crippen molar-refractivity contribution in [2.24, 2.45) is 5.92 Å². The van der Waals surface area contributed by atoms with E-state index in [0.29, 0.717) is 12.3 Å². The zero-order chi connectivity index (χ0) is 9.10. The van der Waals surface area contributed by atoms with Crippen LogP contribution in [-0.2, 0) is 4.79 Å². The number of likely N-dealkylation sites (tertiary alicyclic amines) is 1. The first kappa shape index (κ1) is 8.95. The lowest BCUT2D eigenvalue weighted by atomic mass is 10.0. The Hall–Kier alpha value is -0.630. The molecule has 0 aromatic rings. The molecule has 1 fully saturated rings. The second-order valence-corrected chi connectivity index (χ2v) is 4.19. The highest BCUT2D eigenvalue weighted by Crippen LogP contribution is 2.20. The van der Waals surface area contributed by atoms with Crippen molar-refractivity contribution in [3.8, 4) is 0 Å². The van der Waals surface area contributed by atoms with E-state index in [1.807, 2.05) is 0 Å². The SMILES string of the molecule is O=C1CCCN(CC2CC=CC2)C1. The van der Waals surface area contributed by atoms with Crippen molar-refractivity contribution in [2.45, 2.75) is 25.7 Å². The summed E-state index contributed by atoms with van der Waals surface area (Å²) in [4.78, 5) is 13.5. The van der Waals surface area contributed by atoms with Gasteiger partial charge in [-0.1, -0.05) is 12.2 Å². The summed E-state index contributed by atoms with van der Waals surface area (Å²) in [5.74, 6) is 1.21. The highest BCUT2D eigenvalue weighted by Gasteiger charge is 2.20. The fourth-order valence-electron chi connectivity index (χ4n) is 2.25. The Balaban J connectivity index is 1.77. The van der Waals surface area contributed by atoms with E-state index in [1.165, 1.54) is 12.8 Å². The van der Waals surface area contributed by atoms with E-state index in [2.05, 4.69) is 17.1 Å². The predicted molar refractivity (Wildman–Crippen MR) is 52.5 cm³/mol. The van der Waals surface area contributed by atoms with Crippen molar-refractivity contribution < 1.29 is 4.79 Å². The van der Waals surface area contributed by atoms with E-state index in [0.717, 1.165) is 31.8 Å². The van der Waals surface area contributed by atoms with E-state index in [-0.39, 0.29) is 0 Å². The van der Waals surface area contributed by atoms with Crippen LogP contribution in [0, 0.1) is 5.92 Å². The lowest BCUT2D eigenvalue weighted by molar-refractivity contribution is -0.122. The molecule has 0 unspecified atom stereocenters. The number of carbonyl (C=O) groups is 1. The van der Waals surface area contributed by atoms with Gasteiger partial charge in [-0.2, -0.15) is 0 Å². The third-order valence-corrected chi connectivity index (χ3v) is 2.95. The largest absolute Gasteiger partial charge is 0.298 e. The summed E-state index contributed by atoms with van der Waals surface area (Å²) in [7, 11) is 0. The van der Waals surface area contributed by atoms with E-state index in [9.17, 15) is 4.79 Å². The molecule has 2 aliphatic rings. The summed E-state index contributed by atoms with van der Waals surface area (Å²) >= 11 is 0. The van der Waals surface area contributed by atoms with Crippen molar-refractivity contribution in [2.75, 3.05) is 19.6 Å². The first-order chi connectivity index (χ1) is 6.34. The van der Waals surface area contributed by atoms with Gasteiger partial charge in [0.05, 0.1) is 6.54 Å². The molecule has 2 heteroatoms. The van der Waals surface area contributed by atoms with Gasteiger partial charge in [0.25, 0.3) is 0 Å². The number of ketones is 1. The molecule has 0 saturated carbocycles. The predicted octanol–water partition coefficient (Wildman–Crippen LogP) is 1.62. The maximum Gasteiger partial charge on any atom is 0.146 e. The summed E-state index contributed by atoms with van der Waals surface area (Å²) in [6.07, 6.45) is 8.82. The van der Waals surface area contributed by atoms with E-state index < -0.39 is 0 Å². The van der Waals surface area contributed by atoms with Crippen molar-refractivity contribution in [1.29, 1.82) is 0 Å². The molecular weight excluding hydrogens is 162 g/mol. The van der Waals surface area contributed by atoms with Gasteiger partial charge in [-0.3, -0.25) is 9.69 Å². The topological polar surface area (TPSA) is 20.3 Å². The minimum atomic E-state index is 0.428. The molecule has 0 atom stereocenters. The van der Waals surface area contributed by atoms with Crippen LogP contribution in [0.1, 0.15) is 25.7 Å². The zero-order valence-electron chi connectivity index (χ0n) is 8.04. The smallest absolute Gasteiger partial charge is 0.146 e. The molecule has 2 nitrogen and oxygen atoms in total. The molecular formula is C11H17NO. The first-order valence-corrected chi connectivity index (χ1v) is 5.23. The number of piperidine rings is 1. The molecule has 1 heterocycles. The summed E-state index contributed by atoms with van der Waals surface area (Å²) < 4.78 is 0. The van der Waals surface area contributed by atoms with Crippen LogP contribution < -0.4 is 0 Å². The van der Waals surface area contributed by atoms with Gasteiger partial charge in [-0.25, -0.2) is 0 Å². The molecule has 0 radical (unpaired) electrons. The third-order valence-electron chi connectivity index (χ3n) is 2.95. The summed E-state index contributed by atoms with van der Waals surface area (Å²) in [6, 6.07) is 0.